The second-order valence-corrected chi connectivity index (χ2v) is 6.18. The van der Waals surface area contributed by atoms with E-state index in [0.717, 1.165) is 38.0 Å². The molecule has 2 aliphatic heterocycles. The molecule has 1 aromatic heterocycles. The Kier molecular flexibility index (Phi) is 4.65. The fraction of sp³-hybridized carbons (Fsp3) is 0.588. The molecule has 6 heteroatoms. The zero-order chi connectivity index (χ0) is 16.1. The lowest BCUT2D eigenvalue weighted by Crippen LogP contribution is -2.38. The standard InChI is InChI=1S/C17H21N5O/c1-2-3-8-17(20-21-17)9-4-16(23)22-11-6-14(7-12-22)15-5-10-18-13-19-15/h1,5,10,13-14H,3-4,6-9,11-12H2. The predicted octanol–water partition coefficient (Wildman–Crippen LogP) is 2.54. The summed E-state index contributed by atoms with van der Waals surface area (Å²) < 4.78 is 0. The fourth-order valence-corrected chi connectivity index (χ4v) is 3.10. The zero-order valence-corrected chi connectivity index (χ0v) is 13.2. The quantitative estimate of drug-likeness (QED) is 0.758. The average Bonchev–Trinajstić information content (AvgIpc) is 3.39. The first kappa shape index (κ1) is 15.6. The summed E-state index contributed by atoms with van der Waals surface area (Å²) in [5.74, 6) is 3.24. The first-order valence-corrected chi connectivity index (χ1v) is 8.14. The Labute approximate surface area is 136 Å². The maximum atomic E-state index is 12.4. The van der Waals surface area contributed by atoms with Crippen molar-refractivity contribution in [3.63, 3.8) is 0 Å². The summed E-state index contributed by atoms with van der Waals surface area (Å²) in [7, 11) is 0. The van der Waals surface area contributed by atoms with Crippen molar-refractivity contribution in [2.75, 3.05) is 13.1 Å². The molecule has 0 aliphatic carbocycles. The number of likely N-dealkylation sites (tertiary alicyclic amines) is 1. The average molecular weight is 311 g/mol. The van der Waals surface area contributed by atoms with Gasteiger partial charge >= 0.3 is 0 Å². The van der Waals surface area contributed by atoms with E-state index in [4.69, 9.17) is 6.42 Å². The van der Waals surface area contributed by atoms with Crippen LogP contribution in [0.1, 0.15) is 50.1 Å². The summed E-state index contributed by atoms with van der Waals surface area (Å²) >= 11 is 0. The highest BCUT2D eigenvalue weighted by molar-refractivity contribution is 5.76. The number of terminal acetylenes is 1. The number of hydrogen-bond donors (Lipinski definition) is 0. The Balaban J connectivity index is 1.43. The first-order valence-electron chi connectivity index (χ1n) is 8.14. The molecule has 0 saturated carbocycles. The van der Waals surface area contributed by atoms with Crippen LogP contribution in [0, 0.1) is 12.3 Å². The SMILES string of the molecule is C#CCCC1(CCC(=O)N2CCC(c3ccncn3)CC2)N=N1. The van der Waals surface area contributed by atoms with Crippen molar-refractivity contribution in [1.29, 1.82) is 0 Å². The monoisotopic (exact) mass is 311 g/mol. The van der Waals surface area contributed by atoms with Gasteiger partial charge in [-0.3, -0.25) is 4.79 Å². The third kappa shape index (κ3) is 3.92. The van der Waals surface area contributed by atoms with Crippen LogP contribution in [0.3, 0.4) is 0 Å². The lowest BCUT2D eigenvalue weighted by atomic mass is 9.93. The first-order chi connectivity index (χ1) is 11.2. The minimum atomic E-state index is -0.360. The Morgan fingerprint density at radius 2 is 2.13 bits per heavy atom. The topological polar surface area (TPSA) is 70.8 Å². The van der Waals surface area contributed by atoms with Gasteiger partial charge in [-0.05, 0) is 18.9 Å². The number of rotatable bonds is 6. The molecule has 6 nitrogen and oxygen atoms in total. The van der Waals surface area contributed by atoms with Crippen molar-refractivity contribution < 1.29 is 4.79 Å². The molecule has 1 fully saturated rings. The summed E-state index contributed by atoms with van der Waals surface area (Å²) in [6.07, 6.45) is 13.2. The number of nitrogens with zero attached hydrogens (tertiary/aromatic N) is 5. The minimum Gasteiger partial charge on any atom is -0.343 e. The molecule has 3 heterocycles. The Morgan fingerprint density at radius 1 is 1.35 bits per heavy atom. The molecule has 1 amide bonds. The number of aromatic nitrogens is 2. The van der Waals surface area contributed by atoms with Crippen molar-refractivity contribution >= 4 is 5.91 Å². The van der Waals surface area contributed by atoms with Gasteiger partial charge in [0.2, 0.25) is 5.91 Å². The van der Waals surface area contributed by atoms with Crippen LogP contribution in [0.25, 0.3) is 0 Å². The highest BCUT2D eigenvalue weighted by Crippen LogP contribution is 2.38. The Hall–Kier alpha value is -2.29. The largest absolute Gasteiger partial charge is 0.343 e. The molecule has 0 spiro atoms. The van der Waals surface area contributed by atoms with Gasteiger partial charge in [0.05, 0.1) is 0 Å². The molecule has 1 aromatic rings. The smallest absolute Gasteiger partial charge is 0.222 e. The van der Waals surface area contributed by atoms with Crippen LogP contribution in [-0.4, -0.2) is 39.5 Å². The van der Waals surface area contributed by atoms with Crippen LogP contribution in [0.15, 0.2) is 28.8 Å². The second kappa shape index (κ2) is 6.86. The van der Waals surface area contributed by atoms with Crippen LogP contribution < -0.4 is 0 Å². The van der Waals surface area contributed by atoms with E-state index in [2.05, 4.69) is 26.1 Å². The van der Waals surface area contributed by atoms with Crippen molar-refractivity contribution in [3.8, 4) is 12.3 Å². The van der Waals surface area contributed by atoms with E-state index < -0.39 is 0 Å². The number of piperidine rings is 1. The molecule has 120 valence electrons. The number of amides is 1. The van der Waals surface area contributed by atoms with Crippen LogP contribution in [-0.2, 0) is 4.79 Å². The van der Waals surface area contributed by atoms with E-state index in [1.807, 2.05) is 11.0 Å². The lowest BCUT2D eigenvalue weighted by Gasteiger charge is -2.32. The van der Waals surface area contributed by atoms with Crippen molar-refractivity contribution in [2.24, 2.45) is 10.2 Å². The van der Waals surface area contributed by atoms with E-state index in [9.17, 15) is 4.79 Å². The van der Waals surface area contributed by atoms with Crippen molar-refractivity contribution in [1.82, 2.24) is 14.9 Å². The van der Waals surface area contributed by atoms with Gasteiger partial charge in [0.15, 0.2) is 5.66 Å². The zero-order valence-electron chi connectivity index (χ0n) is 13.2. The van der Waals surface area contributed by atoms with Gasteiger partial charge in [0.1, 0.15) is 6.33 Å². The summed E-state index contributed by atoms with van der Waals surface area (Å²) in [6.45, 7) is 1.58. The molecule has 0 bridgehead atoms. The second-order valence-electron chi connectivity index (χ2n) is 6.18. The molecule has 0 N–H and O–H groups in total. The van der Waals surface area contributed by atoms with Gasteiger partial charge in [-0.2, -0.15) is 10.2 Å². The Bertz CT molecular complexity index is 608. The van der Waals surface area contributed by atoms with Crippen LogP contribution in [0.2, 0.25) is 0 Å². The van der Waals surface area contributed by atoms with Crippen molar-refractivity contribution in [3.05, 3.63) is 24.3 Å². The summed E-state index contributed by atoms with van der Waals surface area (Å²) in [5.41, 5.74) is 0.720. The molecule has 3 rings (SSSR count). The maximum Gasteiger partial charge on any atom is 0.222 e. The van der Waals surface area contributed by atoms with E-state index in [0.29, 0.717) is 25.2 Å². The fourth-order valence-electron chi connectivity index (χ4n) is 3.10. The van der Waals surface area contributed by atoms with Gasteiger partial charge in [-0.25, -0.2) is 9.97 Å². The summed E-state index contributed by atoms with van der Waals surface area (Å²) in [5, 5.41) is 8.17. The molecule has 0 radical (unpaired) electrons. The third-order valence-electron chi connectivity index (χ3n) is 4.66. The predicted molar refractivity (Wildman–Crippen MR) is 85.5 cm³/mol. The molecule has 23 heavy (non-hydrogen) atoms. The number of hydrogen-bond acceptors (Lipinski definition) is 5. The van der Waals surface area contributed by atoms with E-state index >= 15 is 0 Å². The molecule has 1 saturated heterocycles. The van der Waals surface area contributed by atoms with E-state index in [-0.39, 0.29) is 11.6 Å². The van der Waals surface area contributed by atoms with Crippen LogP contribution in [0.5, 0.6) is 0 Å². The van der Waals surface area contributed by atoms with Gasteiger partial charge in [-0.15, -0.1) is 12.3 Å². The molecule has 2 aliphatic rings. The summed E-state index contributed by atoms with van der Waals surface area (Å²) in [6, 6.07) is 1.97. The highest BCUT2D eigenvalue weighted by atomic mass is 16.2. The van der Waals surface area contributed by atoms with E-state index in [1.54, 1.807) is 12.5 Å². The summed E-state index contributed by atoms with van der Waals surface area (Å²) in [4.78, 5) is 22.6. The lowest BCUT2D eigenvalue weighted by molar-refractivity contribution is -0.132. The number of carbonyl (C=O) groups is 1. The molecule has 0 unspecified atom stereocenters. The normalized spacial score (nSPS) is 19.3. The molecular weight excluding hydrogens is 290 g/mol. The molecule has 0 atom stereocenters. The molecular formula is C17H21N5O. The third-order valence-corrected chi connectivity index (χ3v) is 4.66. The van der Waals surface area contributed by atoms with Gasteiger partial charge in [-0.1, -0.05) is 0 Å². The maximum absolute atomic E-state index is 12.4. The van der Waals surface area contributed by atoms with E-state index in [1.165, 1.54) is 0 Å². The van der Waals surface area contributed by atoms with Crippen molar-refractivity contribution in [2.45, 2.75) is 50.1 Å². The minimum absolute atomic E-state index is 0.198. The number of carbonyl (C=O) groups excluding carboxylic acids is 1. The van der Waals surface area contributed by atoms with Gasteiger partial charge in [0.25, 0.3) is 0 Å². The molecule has 0 aromatic carbocycles. The van der Waals surface area contributed by atoms with Gasteiger partial charge in [0, 0.05) is 56.6 Å². The highest BCUT2D eigenvalue weighted by Gasteiger charge is 2.39. The van der Waals surface area contributed by atoms with Crippen LogP contribution >= 0.6 is 0 Å². The Morgan fingerprint density at radius 3 is 2.74 bits per heavy atom. The van der Waals surface area contributed by atoms with Gasteiger partial charge < -0.3 is 4.90 Å². The van der Waals surface area contributed by atoms with Crippen LogP contribution in [0.4, 0.5) is 0 Å².